The number of aryl methyl sites for hydroxylation is 4. The zero-order valence-electron chi connectivity index (χ0n) is 38.4. The molecule has 0 aromatic heterocycles. The van der Waals surface area contributed by atoms with Crippen LogP contribution in [-0.2, 0) is 9.59 Å². The van der Waals surface area contributed by atoms with Crippen LogP contribution in [0.3, 0.4) is 0 Å². The third kappa shape index (κ3) is 11.0. The van der Waals surface area contributed by atoms with Crippen molar-refractivity contribution in [2.24, 2.45) is 11.8 Å². The maximum Gasteiger partial charge on any atom is 0.343 e. The van der Waals surface area contributed by atoms with E-state index in [1.807, 2.05) is 88.4 Å². The minimum Gasteiger partial charge on any atom is -0.496 e. The molecule has 0 radical (unpaired) electrons. The molecule has 6 aromatic rings. The van der Waals surface area contributed by atoms with Crippen molar-refractivity contribution in [2.45, 2.75) is 86.0 Å². The third-order valence-corrected chi connectivity index (χ3v) is 12.7. The zero-order valence-corrected chi connectivity index (χ0v) is 38.4. The maximum absolute atomic E-state index is 13.2. The van der Waals surface area contributed by atoms with Gasteiger partial charge in [0.05, 0.1) is 24.2 Å². The van der Waals surface area contributed by atoms with E-state index in [0.717, 1.165) is 57.5 Å². The lowest BCUT2D eigenvalue weighted by Gasteiger charge is -2.25. The van der Waals surface area contributed by atoms with Gasteiger partial charge < -0.3 is 23.7 Å². The Morgan fingerprint density at radius 2 is 0.800 bits per heavy atom. The Bertz CT molecular complexity index is 2710. The molecule has 1 aliphatic carbocycles. The number of ketones is 1. The zero-order chi connectivity index (χ0) is 46.4. The molecule has 9 nitrogen and oxygen atoms in total. The van der Waals surface area contributed by atoms with Crippen molar-refractivity contribution in [3.8, 4) is 34.5 Å². The van der Waals surface area contributed by atoms with Gasteiger partial charge in [-0.3, -0.25) is 9.59 Å². The van der Waals surface area contributed by atoms with E-state index >= 15 is 0 Å². The molecule has 0 spiro atoms. The fourth-order valence-electron chi connectivity index (χ4n) is 8.42. The highest BCUT2D eigenvalue weighted by Gasteiger charge is 2.30. The van der Waals surface area contributed by atoms with Crippen LogP contribution in [0, 0.1) is 39.5 Å². The van der Waals surface area contributed by atoms with Crippen LogP contribution in [0.2, 0.25) is 0 Å². The first-order valence-corrected chi connectivity index (χ1v) is 22.2. The van der Waals surface area contributed by atoms with Gasteiger partial charge in [0, 0.05) is 17.8 Å². The summed E-state index contributed by atoms with van der Waals surface area (Å²) in [7, 11) is 1.67. The van der Waals surface area contributed by atoms with Crippen molar-refractivity contribution >= 4 is 23.7 Å². The van der Waals surface area contributed by atoms with Crippen molar-refractivity contribution in [1.29, 1.82) is 0 Å². The van der Waals surface area contributed by atoms with Crippen LogP contribution in [0.1, 0.15) is 124 Å². The standard InChI is InChI=1S/C56H56O9/c1-33-29-44(17-25-50(33)61-8)37(5)45-18-27-52(35(3)30-45)64-55(59)42-13-21-48(22-14-42)62-49-23-15-43(16-24-49)56(60)65-53-28-20-47(32-36(53)4)38(6)46-19-26-51(34(2)31-46)63-54(58)41-11-9-40(10-12-41)39(7)57/h13-32,37-38,40-41H,9-12H2,1-8H3. The molecule has 2 atom stereocenters. The van der Waals surface area contributed by atoms with E-state index < -0.39 is 11.9 Å². The molecule has 0 N–H and O–H groups in total. The fraction of sp³-hybridized carbons (Fsp3) is 0.286. The second-order valence-electron chi connectivity index (χ2n) is 17.3. The number of Topliss-reactive ketones (excluding diaryl/α,β-unsaturated/α-hetero) is 1. The lowest BCUT2D eigenvalue weighted by atomic mass is 9.80. The molecule has 0 bridgehead atoms. The van der Waals surface area contributed by atoms with Gasteiger partial charge in [-0.05, 0) is 178 Å². The predicted molar refractivity (Wildman–Crippen MR) is 251 cm³/mol. The van der Waals surface area contributed by atoms with Gasteiger partial charge in [-0.1, -0.05) is 62.4 Å². The molecule has 1 fully saturated rings. The molecule has 2 unspecified atom stereocenters. The van der Waals surface area contributed by atoms with E-state index in [1.165, 1.54) is 5.56 Å². The monoisotopic (exact) mass is 872 g/mol. The second kappa shape index (κ2) is 20.2. The maximum atomic E-state index is 13.2. The Morgan fingerprint density at radius 1 is 0.462 bits per heavy atom. The van der Waals surface area contributed by atoms with Gasteiger partial charge in [-0.25, -0.2) is 9.59 Å². The fourth-order valence-corrected chi connectivity index (χ4v) is 8.42. The van der Waals surface area contributed by atoms with E-state index in [2.05, 4.69) is 26.0 Å². The minimum atomic E-state index is -0.498. The average molecular weight is 873 g/mol. The van der Waals surface area contributed by atoms with Gasteiger partial charge in [0.15, 0.2) is 0 Å². The molecule has 1 aliphatic rings. The molecule has 0 aliphatic heterocycles. The van der Waals surface area contributed by atoms with E-state index in [1.54, 1.807) is 62.6 Å². The topological polar surface area (TPSA) is 114 Å². The highest BCUT2D eigenvalue weighted by atomic mass is 16.5. The summed E-state index contributed by atoms with van der Waals surface area (Å²) in [5, 5.41) is 0. The van der Waals surface area contributed by atoms with Gasteiger partial charge in [-0.2, -0.15) is 0 Å². The first kappa shape index (κ1) is 46.0. The number of carbonyl (C=O) groups excluding carboxylic acids is 4. The van der Waals surface area contributed by atoms with Gasteiger partial charge in [0.25, 0.3) is 0 Å². The molecular formula is C56H56O9. The molecule has 0 amide bonds. The number of benzene rings is 6. The number of esters is 3. The normalized spacial score (nSPS) is 15.6. The number of hydrogen-bond acceptors (Lipinski definition) is 9. The van der Waals surface area contributed by atoms with Crippen molar-refractivity contribution in [2.75, 3.05) is 7.11 Å². The summed E-state index contributed by atoms with van der Waals surface area (Å²) in [6, 6.07) is 37.1. The van der Waals surface area contributed by atoms with Gasteiger partial charge in [0.2, 0.25) is 0 Å². The highest BCUT2D eigenvalue weighted by Crippen LogP contribution is 2.35. The summed E-state index contributed by atoms with van der Waals surface area (Å²) in [5.74, 6) is 2.42. The summed E-state index contributed by atoms with van der Waals surface area (Å²) in [5.41, 5.74) is 8.76. The summed E-state index contributed by atoms with van der Waals surface area (Å²) < 4.78 is 28.8. The molecule has 1 saturated carbocycles. The molecular weight excluding hydrogens is 817 g/mol. The Balaban J connectivity index is 0.896. The smallest absolute Gasteiger partial charge is 0.343 e. The van der Waals surface area contributed by atoms with E-state index in [-0.39, 0.29) is 35.4 Å². The molecule has 0 saturated heterocycles. The Kier molecular flexibility index (Phi) is 14.3. The number of methoxy groups -OCH3 is 1. The molecule has 334 valence electrons. The Labute approximate surface area is 381 Å². The highest BCUT2D eigenvalue weighted by molar-refractivity contribution is 5.92. The van der Waals surface area contributed by atoms with Crippen molar-refractivity contribution in [1.82, 2.24) is 0 Å². The van der Waals surface area contributed by atoms with Crippen LogP contribution in [0.4, 0.5) is 0 Å². The number of hydrogen-bond donors (Lipinski definition) is 0. The number of ether oxygens (including phenoxy) is 5. The largest absolute Gasteiger partial charge is 0.496 e. The summed E-state index contributed by atoms with van der Waals surface area (Å²) in [6.07, 6.45) is 2.81. The Morgan fingerprint density at radius 3 is 1.14 bits per heavy atom. The first-order chi connectivity index (χ1) is 31.2. The molecule has 7 rings (SSSR count). The number of carbonyl (C=O) groups is 4. The molecule has 0 heterocycles. The van der Waals surface area contributed by atoms with E-state index in [9.17, 15) is 19.2 Å². The Hall–Kier alpha value is -7.00. The lowest BCUT2D eigenvalue weighted by molar-refractivity contribution is -0.141. The second-order valence-corrected chi connectivity index (χ2v) is 17.3. The quantitative estimate of drug-likeness (QED) is 0.0779. The summed E-state index contributed by atoms with van der Waals surface area (Å²) >= 11 is 0. The van der Waals surface area contributed by atoms with Gasteiger partial charge in [-0.15, -0.1) is 0 Å². The summed E-state index contributed by atoms with van der Waals surface area (Å²) in [6.45, 7) is 13.7. The van der Waals surface area contributed by atoms with Crippen LogP contribution in [0.25, 0.3) is 0 Å². The molecule has 6 aromatic carbocycles. The van der Waals surface area contributed by atoms with Crippen LogP contribution in [0.5, 0.6) is 34.5 Å². The van der Waals surface area contributed by atoms with Gasteiger partial charge >= 0.3 is 17.9 Å². The van der Waals surface area contributed by atoms with Crippen molar-refractivity contribution < 1.29 is 42.9 Å². The van der Waals surface area contributed by atoms with E-state index in [4.69, 9.17) is 23.7 Å². The predicted octanol–water partition coefficient (Wildman–Crippen LogP) is 12.8. The van der Waals surface area contributed by atoms with Crippen molar-refractivity contribution in [3.63, 3.8) is 0 Å². The SMILES string of the molecule is COc1ccc(C(C)c2ccc(OC(=O)c3ccc(Oc4ccc(C(=O)Oc5ccc(C(C)c6ccc(OC(=O)C7CCC(C(C)=O)CC7)c(C)c6)cc5C)cc4)cc3)c(C)c2)cc1C. The minimum absolute atomic E-state index is 0.0273. The number of rotatable bonds is 14. The first-order valence-electron chi connectivity index (χ1n) is 22.2. The van der Waals surface area contributed by atoms with Gasteiger partial charge in [0.1, 0.15) is 40.3 Å². The van der Waals surface area contributed by atoms with Crippen LogP contribution < -0.4 is 23.7 Å². The molecule has 9 heteroatoms. The van der Waals surface area contributed by atoms with Crippen LogP contribution in [-0.4, -0.2) is 30.8 Å². The van der Waals surface area contributed by atoms with Crippen LogP contribution >= 0.6 is 0 Å². The summed E-state index contributed by atoms with van der Waals surface area (Å²) in [4.78, 5) is 50.9. The third-order valence-electron chi connectivity index (χ3n) is 12.7. The van der Waals surface area contributed by atoms with E-state index in [0.29, 0.717) is 52.7 Å². The molecule has 65 heavy (non-hydrogen) atoms. The van der Waals surface area contributed by atoms with Crippen LogP contribution in [0.15, 0.2) is 121 Å². The lowest BCUT2D eigenvalue weighted by Crippen LogP contribution is -2.28. The van der Waals surface area contributed by atoms with Crippen molar-refractivity contribution in [3.05, 3.63) is 177 Å². The average Bonchev–Trinajstić information content (AvgIpc) is 3.30.